The summed E-state index contributed by atoms with van der Waals surface area (Å²) in [5.74, 6) is 0.127. The Hall–Kier alpha value is -2.23. The van der Waals surface area contributed by atoms with Crippen molar-refractivity contribution in [3.8, 4) is 0 Å². The topological polar surface area (TPSA) is 102 Å². The van der Waals surface area contributed by atoms with Crippen molar-refractivity contribution < 1.29 is 9.47 Å². The van der Waals surface area contributed by atoms with Crippen LogP contribution in [0.5, 0.6) is 0 Å². The van der Waals surface area contributed by atoms with Gasteiger partial charge in [-0.2, -0.15) is 14.7 Å². The molecule has 3 N–H and O–H groups in total. The van der Waals surface area contributed by atoms with Crippen LogP contribution in [-0.2, 0) is 9.47 Å². The van der Waals surface area contributed by atoms with Crippen LogP contribution in [0.3, 0.4) is 0 Å². The van der Waals surface area contributed by atoms with Crippen LogP contribution < -0.4 is 11.1 Å². The Morgan fingerprint density at radius 2 is 2.19 bits per heavy atom. The maximum absolute atomic E-state index is 6.30. The lowest BCUT2D eigenvalue weighted by Gasteiger charge is -2.39. The lowest BCUT2D eigenvalue weighted by molar-refractivity contribution is -0.187. The van der Waals surface area contributed by atoms with Crippen molar-refractivity contribution in [2.45, 2.75) is 24.0 Å². The lowest BCUT2D eigenvalue weighted by atomic mass is 9.88. The Morgan fingerprint density at radius 3 is 2.96 bits per heavy atom. The molecule has 26 heavy (non-hydrogen) atoms. The van der Waals surface area contributed by atoms with E-state index in [4.69, 9.17) is 20.2 Å². The molecule has 2 aromatic heterocycles. The zero-order chi connectivity index (χ0) is 17.7. The van der Waals surface area contributed by atoms with E-state index in [0.29, 0.717) is 19.0 Å². The van der Waals surface area contributed by atoms with Crippen molar-refractivity contribution >= 4 is 17.7 Å². The molecule has 2 saturated heterocycles. The molecule has 3 aliphatic heterocycles. The molecule has 9 nitrogen and oxygen atoms in total. The molecule has 0 aliphatic carbocycles. The van der Waals surface area contributed by atoms with E-state index in [1.807, 2.05) is 30.5 Å². The summed E-state index contributed by atoms with van der Waals surface area (Å²) < 4.78 is 13.8. The van der Waals surface area contributed by atoms with E-state index in [0.717, 1.165) is 43.0 Å². The highest BCUT2D eigenvalue weighted by atomic mass is 16.7. The number of hydrazone groups is 1. The number of piperidine rings is 1. The number of nitrogens with two attached hydrogens (primary N) is 1. The van der Waals surface area contributed by atoms with E-state index >= 15 is 0 Å². The lowest BCUT2D eigenvalue weighted by Crippen LogP contribution is -2.49. The molecule has 0 radical (unpaired) electrons. The van der Waals surface area contributed by atoms with Gasteiger partial charge in [-0.25, -0.2) is 4.98 Å². The van der Waals surface area contributed by atoms with Gasteiger partial charge in [0.2, 0.25) is 0 Å². The molecule has 0 amide bonds. The fraction of sp³-hybridized carbons (Fsp3) is 0.588. The molecule has 0 bridgehead atoms. The molecule has 2 unspecified atom stereocenters. The van der Waals surface area contributed by atoms with Gasteiger partial charge in [-0.1, -0.05) is 0 Å². The monoisotopic (exact) mass is 357 g/mol. The van der Waals surface area contributed by atoms with Crippen molar-refractivity contribution in [2.75, 3.05) is 45.6 Å². The number of fused-ring (bicyclic) bond motifs is 1. The Kier molecular flexibility index (Phi) is 3.63. The van der Waals surface area contributed by atoms with Gasteiger partial charge in [-0.05, 0) is 0 Å². The molecule has 138 valence electrons. The van der Waals surface area contributed by atoms with E-state index < -0.39 is 5.79 Å². The van der Waals surface area contributed by atoms with Crippen molar-refractivity contribution in [3.63, 3.8) is 0 Å². The summed E-state index contributed by atoms with van der Waals surface area (Å²) in [6.45, 7) is 3.68. The van der Waals surface area contributed by atoms with Crippen LogP contribution in [0, 0.1) is 0 Å². The fourth-order valence-corrected chi connectivity index (χ4v) is 4.20. The summed E-state index contributed by atoms with van der Waals surface area (Å²) in [6.07, 6.45) is 4.58. The van der Waals surface area contributed by atoms with Gasteiger partial charge >= 0.3 is 0 Å². The number of hydrogen-bond donors (Lipinski definition) is 2. The van der Waals surface area contributed by atoms with Crippen LogP contribution in [0.4, 0.5) is 5.82 Å². The Labute approximate surface area is 151 Å². The first-order valence-corrected chi connectivity index (χ1v) is 9.04. The number of nitrogen functional groups attached to an aromatic ring is 1. The second-order valence-corrected chi connectivity index (χ2v) is 7.17. The number of nitrogens with one attached hydrogen (secondary N) is 1. The minimum Gasteiger partial charge on any atom is -0.384 e. The minimum absolute atomic E-state index is 0.00582. The molecular weight excluding hydrogens is 334 g/mol. The van der Waals surface area contributed by atoms with Crippen LogP contribution in [0.2, 0.25) is 0 Å². The molecule has 9 heteroatoms. The number of nitrogens with zero attached hydrogens (tertiary/aromatic N) is 5. The van der Waals surface area contributed by atoms with Gasteiger partial charge < -0.3 is 20.5 Å². The van der Waals surface area contributed by atoms with Crippen LogP contribution in [0.15, 0.2) is 17.4 Å². The standard InChI is InChI=1S/C17H23N7O2/c1-23-10-11(7-20-23)12-8-21-24-15(18)6-14(22-16(12)24)13-9-19-3-2-17(13)25-4-5-26-17/h6-8,11,13,19H,2-5,9-10,18H2,1H3. The molecule has 5 heterocycles. The molecule has 0 saturated carbocycles. The van der Waals surface area contributed by atoms with Gasteiger partial charge in [-0.3, -0.25) is 5.01 Å². The molecule has 1 spiro atoms. The number of likely N-dealkylation sites (N-methyl/N-ethyl adjacent to an activating group) is 1. The highest BCUT2D eigenvalue weighted by molar-refractivity contribution is 5.74. The Balaban J connectivity index is 1.59. The SMILES string of the molecule is CN1CC(c2cnn3c(N)cc(C4CNCCC45OCCO5)nc23)C=N1. The Bertz CT molecular complexity index is 858. The maximum Gasteiger partial charge on any atom is 0.179 e. The molecule has 3 aliphatic rings. The number of ether oxygens (including phenoxy) is 2. The van der Waals surface area contributed by atoms with Gasteiger partial charge in [0.05, 0.1) is 31.0 Å². The predicted octanol–water partition coefficient (Wildman–Crippen LogP) is 0.146. The second-order valence-electron chi connectivity index (χ2n) is 7.17. The average Bonchev–Trinajstić information content (AvgIpc) is 3.36. The van der Waals surface area contributed by atoms with Crippen molar-refractivity contribution in [1.29, 1.82) is 0 Å². The third-order valence-electron chi connectivity index (χ3n) is 5.51. The number of anilines is 1. The van der Waals surface area contributed by atoms with Crippen molar-refractivity contribution in [2.24, 2.45) is 5.10 Å². The number of aromatic nitrogens is 3. The summed E-state index contributed by atoms with van der Waals surface area (Å²) in [6, 6.07) is 1.89. The van der Waals surface area contributed by atoms with Crippen LogP contribution in [0.1, 0.15) is 29.5 Å². The molecule has 2 atom stereocenters. The zero-order valence-electron chi connectivity index (χ0n) is 14.8. The summed E-state index contributed by atoms with van der Waals surface area (Å²) in [5.41, 5.74) is 9.01. The smallest absolute Gasteiger partial charge is 0.179 e. The van der Waals surface area contributed by atoms with Gasteiger partial charge in [0.15, 0.2) is 11.4 Å². The van der Waals surface area contributed by atoms with Gasteiger partial charge in [-0.15, -0.1) is 0 Å². The van der Waals surface area contributed by atoms with E-state index in [2.05, 4.69) is 15.5 Å². The summed E-state index contributed by atoms with van der Waals surface area (Å²) in [4.78, 5) is 4.95. The first-order chi connectivity index (χ1) is 12.7. The number of rotatable bonds is 2. The van der Waals surface area contributed by atoms with Crippen LogP contribution in [0.25, 0.3) is 5.65 Å². The highest BCUT2D eigenvalue weighted by Crippen LogP contribution is 2.40. The van der Waals surface area contributed by atoms with Gasteiger partial charge in [0.1, 0.15) is 5.82 Å². The first-order valence-electron chi connectivity index (χ1n) is 9.04. The molecular formula is C17H23N7O2. The highest BCUT2D eigenvalue weighted by Gasteiger charge is 2.47. The number of hydrogen-bond acceptors (Lipinski definition) is 8. The molecule has 2 aromatic rings. The molecule has 0 aromatic carbocycles. The van der Waals surface area contributed by atoms with Crippen LogP contribution >= 0.6 is 0 Å². The van der Waals surface area contributed by atoms with E-state index in [1.54, 1.807) is 4.52 Å². The van der Waals surface area contributed by atoms with Gasteiger partial charge in [0, 0.05) is 56.9 Å². The quantitative estimate of drug-likeness (QED) is 0.788. The van der Waals surface area contributed by atoms with E-state index in [9.17, 15) is 0 Å². The van der Waals surface area contributed by atoms with E-state index in [-0.39, 0.29) is 11.8 Å². The predicted molar refractivity (Wildman–Crippen MR) is 96.1 cm³/mol. The Morgan fingerprint density at radius 1 is 1.35 bits per heavy atom. The summed E-state index contributed by atoms with van der Waals surface area (Å²) in [7, 11) is 1.96. The van der Waals surface area contributed by atoms with Crippen LogP contribution in [-0.4, -0.2) is 71.5 Å². The zero-order valence-corrected chi connectivity index (χ0v) is 14.8. The summed E-state index contributed by atoms with van der Waals surface area (Å²) >= 11 is 0. The van der Waals surface area contributed by atoms with Crippen molar-refractivity contribution in [3.05, 3.63) is 23.5 Å². The fourth-order valence-electron chi connectivity index (χ4n) is 4.20. The molecule has 5 rings (SSSR count). The first kappa shape index (κ1) is 16.0. The minimum atomic E-state index is -0.599. The maximum atomic E-state index is 6.30. The van der Waals surface area contributed by atoms with Crippen molar-refractivity contribution in [1.82, 2.24) is 24.9 Å². The van der Waals surface area contributed by atoms with Gasteiger partial charge in [0.25, 0.3) is 0 Å². The largest absolute Gasteiger partial charge is 0.384 e. The third-order valence-corrected chi connectivity index (χ3v) is 5.51. The second kappa shape index (κ2) is 5.90. The van der Waals surface area contributed by atoms with E-state index in [1.165, 1.54) is 0 Å². The molecule has 2 fully saturated rings. The third kappa shape index (κ3) is 2.38. The summed E-state index contributed by atoms with van der Waals surface area (Å²) in [5, 5.41) is 14.1. The normalized spacial score (nSPS) is 27.8. The average molecular weight is 357 g/mol.